The van der Waals surface area contributed by atoms with Gasteiger partial charge in [0.1, 0.15) is 23.0 Å². The number of hydrogen-bond acceptors (Lipinski definition) is 4. The topological polar surface area (TPSA) is 44.8 Å². The van der Waals surface area contributed by atoms with Gasteiger partial charge in [0.2, 0.25) is 0 Å². The molecule has 0 saturated carbocycles. The van der Waals surface area contributed by atoms with Crippen molar-refractivity contribution >= 4 is 6.29 Å². The second-order valence-corrected chi connectivity index (χ2v) is 6.72. The molecule has 7 heteroatoms. The van der Waals surface area contributed by atoms with Gasteiger partial charge in [0, 0.05) is 6.07 Å². The van der Waals surface area contributed by atoms with Crippen molar-refractivity contribution in [1.82, 2.24) is 0 Å². The molecule has 162 valence electrons. The monoisotopic (exact) mass is 430 g/mol. The van der Waals surface area contributed by atoms with E-state index in [9.17, 15) is 18.0 Å². The van der Waals surface area contributed by atoms with Crippen LogP contribution < -0.4 is 14.2 Å². The molecule has 0 amide bonds. The molecule has 3 aromatic carbocycles. The van der Waals surface area contributed by atoms with Gasteiger partial charge in [-0.2, -0.15) is 0 Å². The zero-order valence-electron chi connectivity index (χ0n) is 16.8. The van der Waals surface area contributed by atoms with E-state index in [2.05, 4.69) is 11.7 Å². The third kappa shape index (κ3) is 6.50. The maximum absolute atomic E-state index is 12.3. The number of ether oxygens (including phenoxy) is 3. The molecule has 0 radical (unpaired) electrons. The lowest BCUT2D eigenvalue weighted by Crippen LogP contribution is -2.16. The van der Waals surface area contributed by atoms with Gasteiger partial charge in [-0.05, 0) is 53.9 Å². The summed E-state index contributed by atoms with van der Waals surface area (Å²) in [4.78, 5) is 11.5. The summed E-state index contributed by atoms with van der Waals surface area (Å²) in [6, 6.07) is 17.5. The van der Waals surface area contributed by atoms with Crippen molar-refractivity contribution in [2.75, 3.05) is 6.61 Å². The summed E-state index contributed by atoms with van der Waals surface area (Å²) in [6.07, 6.45) is -2.10. The average molecular weight is 430 g/mol. The molecule has 0 aliphatic heterocycles. The minimum absolute atomic E-state index is 0.308. The first-order chi connectivity index (χ1) is 14.9. The fourth-order valence-corrected chi connectivity index (χ4v) is 2.84. The second kappa shape index (κ2) is 10.0. The zero-order valence-corrected chi connectivity index (χ0v) is 16.8. The summed E-state index contributed by atoms with van der Waals surface area (Å²) in [5.74, 6) is 1.18. The van der Waals surface area contributed by atoms with E-state index in [0.717, 1.165) is 12.8 Å². The van der Waals surface area contributed by atoms with Crippen molar-refractivity contribution in [1.29, 1.82) is 0 Å². The van der Waals surface area contributed by atoms with Crippen LogP contribution in [0.3, 0.4) is 0 Å². The Morgan fingerprint density at radius 2 is 1.58 bits per heavy atom. The third-order valence-corrected chi connectivity index (χ3v) is 4.36. The molecular weight excluding hydrogens is 409 g/mol. The molecule has 0 atom stereocenters. The van der Waals surface area contributed by atoms with Crippen LogP contribution >= 0.6 is 0 Å². The molecule has 0 aliphatic carbocycles. The minimum Gasteiger partial charge on any atom is -0.493 e. The van der Waals surface area contributed by atoms with Gasteiger partial charge in [0.05, 0.1) is 12.2 Å². The first kappa shape index (κ1) is 22.2. The summed E-state index contributed by atoms with van der Waals surface area (Å²) >= 11 is 0. The molecule has 0 heterocycles. The largest absolute Gasteiger partial charge is 0.573 e. The van der Waals surface area contributed by atoms with E-state index in [4.69, 9.17) is 9.47 Å². The van der Waals surface area contributed by atoms with Crippen molar-refractivity contribution in [2.24, 2.45) is 0 Å². The maximum Gasteiger partial charge on any atom is 0.573 e. The molecule has 0 fully saturated rings. The molecule has 31 heavy (non-hydrogen) atoms. The Bertz CT molecular complexity index is 1010. The number of hydrogen-bond donors (Lipinski definition) is 0. The van der Waals surface area contributed by atoms with E-state index < -0.39 is 6.36 Å². The van der Waals surface area contributed by atoms with Crippen LogP contribution in [0.4, 0.5) is 13.2 Å². The predicted molar refractivity (Wildman–Crippen MR) is 111 cm³/mol. The van der Waals surface area contributed by atoms with Gasteiger partial charge < -0.3 is 14.2 Å². The number of rotatable bonds is 9. The van der Waals surface area contributed by atoms with Crippen molar-refractivity contribution < 1.29 is 32.2 Å². The molecule has 3 aromatic rings. The molecule has 0 unspecified atom stereocenters. The number of carbonyl (C=O) groups is 1. The van der Waals surface area contributed by atoms with Gasteiger partial charge >= 0.3 is 6.36 Å². The third-order valence-electron chi connectivity index (χ3n) is 4.36. The van der Waals surface area contributed by atoms with Crippen LogP contribution in [0.5, 0.6) is 23.0 Å². The quantitative estimate of drug-likeness (QED) is 0.270. The number of aldehydes is 1. The molecule has 4 nitrogen and oxygen atoms in total. The SMILES string of the molecule is CCCCOc1cccc(Oc2cc(-c3ccc(OC(F)(F)F)cc3)ccc2C=O)c1. The molecule has 0 aromatic heterocycles. The lowest BCUT2D eigenvalue weighted by molar-refractivity contribution is -0.274. The molecule has 0 spiro atoms. The lowest BCUT2D eigenvalue weighted by atomic mass is 10.0. The Hall–Kier alpha value is -3.48. The Morgan fingerprint density at radius 3 is 2.26 bits per heavy atom. The molecule has 0 bridgehead atoms. The normalized spacial score (nSPS) is 11.1. The number of halogens is 3. The first-order valence-corrected chi connectivity index (χ1v) is 9.74. The van der Waals surface area contributed by atoms with Crippen molar-refractivity contribution in [2.45, 2.75) is 26.1 Å². The molecule has 0 aliphatic rings. The number of alkyl halides is 3. The Labute approximate surface area is 178 Å². The van der Waals surface area contributed by atoms with Crippen LogP contribution in [0.25, 0.3) is 11.1 Å². The van der Waals surface area contributed by atoms with Gasteiger partial charge in [-0.15, -0.1) is 13.2 Å². The van der Waals surface area contributed by atoms with E-state index in [1.54, 1.807) is 36.4 Å². The Balaban J connectivity index is 1.81. The van der Waals surface area contributed by atoms with Gasteiger partial charge in [-0.25, -0.2) is 0 Å². The van der Waals surface area contributed by atoms with E-state index in [1.165, 1.54) is 24.3 Å². The number of carbonyl (C=O) groups excluding carboxylic acids is 1. The maximum atomic E-state index is 12.3. The van der Waals surface area contributed by atoms with Crippen LogP contribution in [-0.2, 0) is 0 Å². The van der Waals surface area contributed by atoms with E-state index >= 15 is 0 Å². The fourth-order valence-electron chi connectivity index (χ4n) is 2.84. The van der Waals surface area contributed by atoms with Crippen molar-refractivity contribution in [3.8, 4) is 34.1 Å². The number of unbranched alkanes of at least 4 members (excludes halogenated alkanes) is 1. The van der Waals surface area contributed by atoms with Crippen LogP contribution in [-0.4, -0.2) is 19.3 Å². The summed E-state index contributed by atoms with van der Waals surface area (Å²) in [5.41, 5.74) is 1.67. The van der Waals surface area contributed by atoms with Gasteiger partial charge in [0.15, 0.2) is 6.29 Å². The standard InChI is InChI=1S/C24H21F3O4/c1-2-3-13-29-21-5-4-6-22(15-21)30-23-14-18(7-8-19(23)16-28)17-9-11-20(12-10-17)31-24(25,26)27/h4-12,14-16H,2-3,13H2,1H3. The first-order valence-electron chi connectivity index (χ1n) is 9.74. The predicted octanol–water partition coefficient (Wildman–Crippen LogP) is 7.04. The highest BCUT2D eigenvalue weighted by Gasteiger charge is 2.30. The average Bonchev–Trinajstić information content (AvgIpc) is 2.74. The van der Waals surface area contributed by atoms with Gasteiger partial charge in [-0.1, -0.05) is 37.6 Å². The summed E-state index contributed by atoms with van der Waals surface area (Å²) in [5, 5.41) is 0. The lowest BCUT2D eigenvalue weighted by Gasteiger charge is -2.13. The van der Waals surface area contributed by atoms with Gasteiger partial charge in [-0.3, -0.25) is 4.79 Å². The molecular formula is C24H21F3O4. The van der Waals surface area contributed by atoms with Crippen molar-refractivity contribution in [3.05, 3.63) is 72.3 Å². The van der Waals surface area contributed by atoms with Crippen LogP contribution in [0, 0.1) is 0 Å². The highest BCUT2D eigenvalue weighted by molar-refractivity contribution is 5.82. The Kier molecular flexibility index (Phi) is 7.18. The van der Waals surface area contributed by atoms with E-state index in [1.807, 2.05) is 6.07 Å². The summed E-state index contributed by atoms with van der Waals surface area (Å²) in [6.45, 7) is 2.68. The number of benzene rings is 3. The van der Waals surface area contributed by atoms with Gasteiger partial charge in [0.25, 0.3) is 0 Å². The molecule has 3 rings (SSSR count). The molecule has 0 N–H and O–H groups in total. The van der Waals surface area contributed by atoms with Crippen molar-refractivity contribution in [3.63, 3.8) is 0 Å². The molecule has 0 saturated heterocycles. The Morgan fingerprint density at radius 1 is 0.871 bits per heavy atom. The fraction of sp³-hybridized carbons (Fsp3) is 0.208. The smallest absolute Gasteiger partial charge is 0.493 e. The zero-order chi connectivity index (χ0) is 22.3. The minimum atomic E-state index is -4.75. The van der Waals surface area contributed by atoms with Crippen LogP contribution in [0.1, 0.15) is 30.1 Å². The second-order valence-electron chi connectivity index (χ2n) is 6.72. The summed E-state index contributed by atoms with van der Waals surface area (Å²) in [7, 11) is 0. The van der Waals surface area contributed by atoms with Crippen LogP contribution in [0.2, 0.25) is 0 Å². The van der Waals surface area contributed by atoms with E-state index in [-0.39, 0.29) is 5.75 Å². The highest BCUT2D eigenvalue weighted by atomic mass is 19.4. The highest BCUT2D eigenvalue weighted by Crippen LogP contribution is 2.33. The summed E-state index contributed by atoms with van der Waals surface area (Å²) < 4.78 is 52.5. The van der Waals surface area contributed by atoms with E-state index in [0.29, 0.717) is 46.8 Å². The van der Waals surface area contributed by atoms with Crippen LogP contribution in [0.15, 0.2) is 66.7 Å².